The average molecular weight is 261 g/mol. The van der Waals surface area contributed by atoms with E-state index in [-0.39, 0.29) is 0 Å². The molecular formula is C15H17ClN2. The summed E-state index contributed by atoms with van der Waals surface area (Å²) in [6, 6.07) is 8.19. The minimum atomic E-state index is 0.779. The predicted octanol–water partition coefficient (Wildman–Crippen LogP) is 3.82. The Morgan fingerprint density at radius 1 is 1.22 bits per heavy atom. The first-order chi connectivity index (χ1) is 8.72. The maximum atomic E-state index is 6.36. The highest BCUT2D eigenvalue weighted by molar-refractivity contribution is 6.33. The molecule has 0 saturated heterocycles. The lowest BCUT2D eigenvalue weighted by molar-refractivity contribution is 0.727. The first-order valence-electron chi connectivity index (χ1n) is 6.12. The molecule has 0 aliphatic heterocycles. The van der Waals surface area contributed by atoms with E-state index in [0.717, 1.165) is 29.2 Å². The second-order valence-electron chi connectivity index (χ2n) is 4.29. The van der Waals surface area contributed by atoms with Crippen LogP contribution in [0.5, 0.6) is 0 Å². The molecule has 1 N–H and O–H groups in total. The lowest BCUT2D eigenvalue weighted by Gasteiger charge is -2.09. The molecule has 0 spiro atoms. The van der Waals surface area contributed by atoms with Crippen LogP contribution in [0.1, 0.15) is 18.1 Å². The van der Waals surface area contributed by atoms with E-state index in [9.17, 15) is 0 Å². The lowest BCUT2D eigenvalue weighted by Crippen LogP contribution is -2.11. The predicted molar refractivity (Wildman–Crippen MR) is 76.8 cm³/mol. The van der Waals surface area contributed by atoms with Crippen molar-refractivity contribution in [1.29, 1.82) is 0 Å². The molecule has 2 rings (SSSR count). The number of nitrogens with one attached hydrogen (secondary N) is 1. The second kappa shape index (κ2) is 5.98. The van der Waals surface area contributed by atoms with Crippen LogP contribution in [0.15, 0.2) is 36.7 Å². The van der Waals surface area contributed by atoms with Crippen molar-refractivity contribution < 1.29 is 0 Å². The fraction of sp³-hybridized carbons (Fsp3) is 0.267. The third-order valence-corrected chi connectivity index (χ3v) is 3.25. The van der Waals surface area contributed by atoms with Gasteiger partial charge in [-0.1, -0.05) is 30.7 Å². The highest BCUT2D eigenvalue weighted by Crippen LogP contribution is 2.30. The molecule has 18 heavy (non-hydrogen) atoms. The zero-order valence-corrected chi connectivity index (χ0v) is 11.5. The lowest BCUT2D eigenvalue weighted by atomic mass is 10.0. The van der Waals surface area contributed by atoms with E-state index >= 15 is 0 Å². The third-order valence-electron chi connectivity index (χ3n) is 2.94. The number of nitrogens with zero attached hydrogens (tertiary/aromatic N) is 1. The van der Waals surface area contributed by atoms with Gasteiger partial charge >= 0.3 is 0 Å². The molecule has 3 heteroatoms. The number of halogens is 1. The largest absolute Gasteiger partial charge is 0.313 e. The number of aromatic nitrogens is 1. The number of hydrogen-bond donors (Lipinski definition) is 1. The van der Waals surface area contributed by atoms with Gasteiger partial charge in [0.05, 0.1) is 0 Å². The summed E-state index contributed by atoms with van der Waals surface area (Å²) in [4.78, 5) is 4.16. The van der Waals surface area contributed by atoms with E-state index in [1.807, 2.05) is 18.3 Å². The maximum absolute atomic E-state index is 6.36. The fourth-order valence-corrected chi connectivity index (χ4v) is 2.21. The third kappa shape index (κ3) is 2.89. The Morgan fingerprint density at radius 2 is 2.06 bits per heavy atom. The van der Waals surface area contributed by atoms with Gasteiger partial charge < -0.3 is 5.32 Å². The van der Waals surface area contributed by atoms with Crippen molar-refractivity contribution in [3.05, 3.63) is 52.8 Å². The van der Waals surface area contributed by atoms with Gasteiger partial charge in [-0.25, -0.2) is 0 Å². The summed E-state index contributed by atoms with van der Waals surface area (Å²) >= 11 is 6.36. The summed E-state index contributed by atoms with van der Waals surface area (Å²) in [5.41, 5.74) is 4.53. The van der Waals surface area contributed by atoms with Crippen LogP contribution in [0.4, 0.5) is 0 Å². The van der Waals surface area contributed by atoms with Crippen LogP contribution in [0.25, 0.3) is 11.1 Å². The van der Waals surface area contributed by atoms with Gasteiger partial charge in [0.1, 0.15) is 0 Å². The van der Waals surface area contributed by atoms with E-state index in [1.54, 1.807) is 6.20 Å². The Hall–Kier alpha value is -1.38. The molecule has 2 nitrogen and oxygen atoms in total. The highest BCUT2D eigenvalue weighted by Gasteiger charge is 2.07. The van der Waals surface area contributed by atoms with Crippen molar-refractivity contribution in [3.63, 3.8) is 0 Å². The van der Waals surface area contributed by atoms with Crippen LogP contribution in [0.2, 0.25) is 5.02 Å². The van der Waals surface area contributed by atoms with E-state index < -0.39 is 0 Å². The van der Waals surface area contributed by atoms with Crippen LogP contribution in [0, 0.1) is 6.92 Å². The molecule has 1 heterocycles. The number of aryl methyl sites for hydroxylation is 1. The van der Waals surface area contributed by atoms with Crippen LogP contribution in [0.3, 0.4) is 0 Å². The minimum Gasteiger partial charge on any atom is -0.313 e. The molecule has 94 valence electrons. The van der Waals surface area contributed by atoms with Crippen molar-refractivity contribution in [2.45, 2.75) is 20.4 Å². The Balaban J connectivity index is 2.33. The topological polar surface area (TPSA) is 24.9 Å². The van der Waals surface area contributed by atoms with E-state index in [4.69, 9.17) is 11.6 Å². The Morgan fingerprint density at radius 3 is 2.72 bits per heavy atom. The number of rotatable bonds is 4. The molecule has 0 fully saturated rings. The van der Waals surface area contributed by atoms with Crippen molar-refractivity contribution in [2.75, 3.05) is 6.54 Å². The molecule has 0 bridgehead atoms. The van der Waals surface area contributed by atoms with Gasteiger partial charge in [0.25, 0.3) is 0 Å². The number of pyridine rings is 1. The second-order valence-corrected chi connectivity index (χ2v) is 4.69. The molecule has 1 aromatic heterocycles. The molecule has 0 atom stereocenters. The molecule has 0 unspecified atom stereocenters. The molecule has 0 radical (unpaired) electrons. The van der Waals surface area contributed by atoms with Crippen molar-refractivity contribution >= 4 is 11.6 Å². The van der Waals surface area contributed by atoms with E-state index in [0.29, 0.717) is 0 Å². The fourth-order valence-electron chi connectivity index (χ4n) is 1.90. The standard InChI is InChI=1S/C15H17ClN2/c1-3-17-9-12-4-5-13(15(16)8-12)14-10-18-7-6-11(14)2/h4-8,10,17H,3,9H2,1-2H3. The monoisotopic (exact) mass is 260 g/mol. The average Bonchev–Trinajstić information content (AvgIpc) is 2.38. The summed E-state index contributed by atoms with van der Waals surface area (Å²) in [6.45, 7) is 5.97. The maximum Gasteiger partial charge on any atom is 0.0488 e. The first-order valence-corrected chi connectivity index (χ1v) is 6.50. The Bertz CT molecular complexity index is 538. The van der Waals surface area contributed by atoms with Gasteiger partial charge in [0, 0.05) is 35.1 Å². The van der Waals surface area contributed by atoms with Gasteiger partial charge in [-0.05, 0) is 36.7 Å². The summed E-state index contributed by atoms with van der Waals surface area (Å²) in [5, 5.41) is 4.07. The van der Waals surface area contributed by atoms with Crippen molar-refractivity contribution in [2.24, 2.45) is 0 Å². The number of hydrogen-bond acceptors (Lipinski definition) is 2. The number of benzene rings is 1. The SMILES string of the molecule is CCNCc1ccc(-c2cnccc2C)c(Cl)c1. The van der Waals surface area contributed by atoms with E-state index in [1.165, 1.54) is 11.1 Å². The smallest absolute Gasteiger partial charge is 0.0488 e. The van der Waals surface area contributed by atoms with Crippen LogP contribution in [-0.2, 0) is 6.54 Å². The molecular weight excluding hydrogens is 244 g/mol. The normalized spacial score (nSPS) is 10.6. The zero-order chi connectivity index (χ0) is 13.0. The molecule has 0 aliphatic rings. The Labute approximate surface area is 113 Å². The minimum absolute atomic E-state index is 0.779. The van der Waals surface area contributed by atoms with Gasteiger partial charge in [-0.3, -0.25) is 4.98 Å². The van der Waals surface area contributed by atoms with Gasteiger partial charge in [-0.15, -0.1) is 0 Å². The summed E-state index contributed by atoms with van der Waals surface area (Å²) in [6.07, 6.45) is 3.66. The molecule has 2 aromatic rings. The van der Waals surface area contributed by atoms with Crippen molar-refractivity contribution in [3.8, 4) is 11.1 Å². The van der Waals surface area contributed by atoms with Crippen LogP contribution < -0.4 is 5.32 Å². The summed E-state index contributed by atoms with van der Waals surface area (Å²) in [5.74, 6) is 0. The van der Waals surface area contributed by atoms with Gasteiger partial charge in [-0.2, -0.15) is 0 Å². The summed E-state index contributed by atoms with van der Waals surface area (Å²) < 4.78 is 0. The van der Waals surface area contributed by atoms with Gasteiger partial charge in [0.2, 0.25) is 0 Å². The van der Waals surface area contributed by atoms with Gasteiger partial charge in [0.15, 0.2) is 0 Å². The van der Waals surface area contributed by atoms with E-state index in [2.05, 4.69) is 36.3 Å². The molecule has 0 saturated carbocycles. The molecule has 0 aliphatic carbocycles. The molecule has 0 amide bonds. The first kappa shape index (κ1) is 13.1. The molecule has 1 aromatic carbocycles. The van der Waals surface area contributed by atoms with Crippen LogP contribution >= 0.6 is 11.6 Å². The quantitative estimate of drug-likeness (QED) is 0.904. The Kier molecular flexibility index (Phi) is 4.34. The highest BCUT2D eigenvalue weighted by atomic mass is 35.5. The van der Waals surface area contributed by atoms with Crippen LogP contribution in [-0.4, -0.2) is 11.5 Å². The van der Waals surface area contributed by atoms with Crippen molar-refractivity contribution in [1.82, 2.24) is 10.3 Å². The zero-order valence-electron chi connectivity index (χ0n) is 10.7. The summed E-state index contributed by atoms with van der Waals surface area (Å²) in [7, 11) is 0.